The summed E-state index contributed by atoms with van der Waals surface area (Å²) in [7, 11) is 0. The largest absolute Gasteiger partial charge is 0.435 e. The average molecular weight is 425 g/mol. The fraction of sp³-hybridized carbons (Fsp3) is 0.136. The first-order chi connectivity index (χ1) is 14.5. The fourth-order valence-corrected chi connectivity index (χ4v) is 3.70. The van der Waals surface area contributed by atoms with Crippen LogP contribution in [-0.2, 0) is 5.75 Å². The second kappa shape index (κ2) is 9.85. The molecule has 8 heteroatoms. The number of aromatic nitrogens is 1. The van der Waals surface area contributed by atoms with E-state index in [9.17, 15) is 18.8 Å². The van der Waals surface area contributed by atoms with Crippen LogP contribution in [-0.4, -0.2) is 17.5 Å². The minimum Gasteiger partial charge on any atom is -0.435 e. The van der Waals surface area contributed by atoms with Gasteiger partial charge in [-0.1, -0.05) is 36.4 Å². The molecule has 1 aromatic heterocycles. The third-order valence-electron chi connectivity index (χ3n) is 4.13. The van der Waals surface area contributed by atoms with E-state index in [0.29, 0.717) is 27.5 Å². The molecule has 1 amide bonds. The molecule has 30 heavy (non-hydrogen) atoms. The minimum absolute atomic E-state index is 0.0779. The van der Waals surface area contributed by atoms with Crippen molar-refractivity contribution in [3.63, 3.8) is 0 Å². The molecule has 0 aliphatic rings. The molecule has 0 bridgehead atoms. The topological polar surface area (TPSA) is 75.0 Å². The molecule has 0 radical (unpaired) electrons. The van der Waals surface area contributed by atoms with Crippen LogP contribution in [0.2, 0.25) is 0 Å². The Hall–Kier alpha value is -3.44. The van der Waals surface area contributed by atoms with Gasteiger partial charge in [0, 0.05) is 17.0 Å². The summed E-state index contributed by atoms with van der Waals surface area (Å²) >= 11 is 1.21. The SMILES string of the molecule is Cc1nc(SCc2ccccc2OC(F)F)c(C#N)cc1C(=O)Nc1ccccc1. The number of amides is 1. The number of hydrogen-bond donors (Lipinski definition) is 1. The van der Waals surface area contributed by atoms with Gasteiger partial charge in [0.25, 0.3) is 5.91 Å². The molecule has 1 heterocycles. The van der Waals surface area contributed by atoms with E-state index in [2.05, 4.69) is 21.1 Å². The third-order valence-corrected chi connectivity index (χ3v) is 5.17. The number of alkyl halides is 2. The van der Waals surface area contributed by atoms with Gasteiger partial charge in [-0.15, -0.1) is 11.8 Å². The third kappa shape index (κ3) is 5.33. The summed E-state index contributed by atoms with van der Waals surface area (Å²) < 4.78 is 29.7. The highest BCUT2D eigenvalue weighted by atomic mass is 32.2. The summed E-state index contributed by atoms with van der Waals surface area (Å²) in [6.45, 7) is -1.24. The van der Waals surface area contributed by atoms with Crippen molar-refractivity contribution in [2.45, 2.75) is 24.3 Å². The number of carbonyl (C=O) groups excluding carboxylic acids is 1. The first kappa shape index (κ1) is 21.3. The number of thioether (sulfide) groups is 1. The van der Waals surface area contributed by atoms with E-state index in [1.54, 1.807) is 49.4 Å². The number of carbonyl (C=O) groups is 1. The quantitative estimate of drug-likeness (QED) is 0.513. The normalized spacial score (nSPS) is 10.5. The van der Waals surface area contributed by atoms with Crippen molar-refractivity contribution in [2.75, 3.05) is 5.32 Å². The van der Waals surface area contributed by atoms with Gasteiger partial charge in [0.2, 0.25) is 0 Å². The molecule has 3 rings (SSSR count). The number of anilines is 1. The minimum atomic E-state index is -2.92. The molecular formula is C22H17F2N3O2S. The number of aryl methyl sites for hydroxylation is 1. The second-order valence-corrected chi connectivity index (χ2v) is 7.14. The van der Waals surface area contributed by atoms with Gasteiger partial charge in [-0.2, -0.15) is 14.0 Å². The molecule has 0 spiro atoms. The van der Waals surface area contributed by atoms with Crippen LogP contribution in [0.15, 0.2) is 65.7 Å². The highest BCUT2D eigenvalue weighted by Crippen LogP contribution is 2.30. The number of nitriles is 1. The second-order valence-electron chi connectivity index (χ2n) is 6.18. The molecule has 0 aliphatic heterocycles. The number of pyridine rings is 1. The van der Waals surface area contributed by atoms with Gasteiger partial charge in [-0.05, 0) is 31.2 Å². The number of ether oxygens (including phenoxy) is 1. The van der Waals surface area contributed by atoms with Gasteiger partial charge in [0.1, 0.15) is 16.8 Å². The summed E-state index contributed by atoms with van der Waals surface area (Å²) in [5, 5.41) is 12.7. The lowest BCUT2D eigenvalue weighted by atomic mass is 10.1. The van der Waals surface area contributed by atoms with Crippen molar-refractivity contribution in [1.82, 2.24) is 4.98 Å². The summed E-state index contributed by atoms with van der Waals surface area (Å²) in [5.74, 6) is -0.0106. The van der Waals surface area contributed by atoms with Crippen LogP contribution in [0.4, 0.5) is 14.5 Å². The molecule has 0 saturated carbocycles. The Morgan fingerprint density at radius 2 is 1.90 bits per heavy atom. The average Bonchev–Trinajstić information content (AvgIpc) is 2.73. The number of nitrogens with zero attached hydrogens (tertiary/aromatic N) is 2. The molecular weight excluding hydrogens is 408 g/mol. The Kier molecular flexibility index (Phi) is 6.99. The van der Waals surface area contributed by atoms with Crippen LogP contribution in [0.25, 0.3) is 0 Å². The van der Waals surface area contributed by atoms with Crippen molar-refractivity contribution in [1.29, 1.82) is 5.26 Å². The Bertz CT molecular complexity index is 1090. The van der Waals surface area contributed by atoms with Crippen LogP contribution in [0.5, 0.6) is 5.75 Å². The lowest BCUT2D eigenvalue weighted by molar-refractivity contribution is -0.0503. The number of benzene rings is 2. The van der Waals surface area contributed by atoms with Crippen LogP contribution < -0.4 is 10.1 Å². The van der Waals surface area contributed by atoms with Gasteiger partial charge in [-0.25, -0.2) is 4.98 Å². The van der Waals surface area contributed by atoms with Crippen molar-refractivity contribution >= 4 is 23.4 Å². The van der Waals surface area contributed by atoms with Crippen molar-refractivity contribution in [2.24, 2.45) is 0 Å². The number of para-hydroxylation sites is 2. The summed E-state index contributed by atoms with van der Waals surface area (Å²) in [5.41, 5.74) is 2.17. The number of hydrogen-bond acceptors (Lipinski definition) is 5. The maximum Gasteiger partial charge on any atom is 0.387 e. The van der Waals surface area contributed by atoms with E-state index in [4.69, 9.17) is 0 Å². The Morgan fingerprint density at radius 1 is 1.20 bits per heavy atom. The van der Waals surface area contributed by atoms with E-state index >= 15 is 0 Å². The molecule has 0 atom stereocenters. The monoisotopic (exact) mass is 425 g/mol. The van der Waals surface area contributed by atoms with Gasteiger partial charge in [0.05, 0.1) is 16.8 Å². The number of nitrogens with one attached hydrogen (secondary N) is 1. The van der Waals surface area contributed by atoms with E-state index in [0.717, 1.165) is 0 Å². The van der Waals surface area contributed by atoms with E-state index in [1.165, 1.54) is 23.9 Å². The molecule has 0 unspecified atom stereocenters. The van der Waals surface area contributed by atoms with Crippen molar-refractivity contribution < 1.29 is 18.3 Å². The Balaban J connectivity index is 1.80. The zero-order chi connectivity index (χ0) is 21.5. The lowest BCUT2D eigenvalue weighted by Crippen LogP contribution is -2.15. The van der Waals surface area contributed by atoms with Crippen molar-refractivity contribution in [3.05, 3.63) is 83.0 Å². The first-order valence-electron chi connectivity index (χ1n) is 8.91. The molecule has 152 valence electrons. The molecule has 1 N–H and O–H groups in total. The van der Waals surface area contributed by atoms with E-state index in [-0.39, 0.29) is 23.0 Å². The Morgan fingerprint density at radius 3 is 2.60 bits per heavy atom. The van der Waals surface area contributed by atoms with Crippen molar-refractivity contribution in [3.8, 4) is 11.8 Å². The van der Waals surface area contributed by atoms with Crippen LogP contribution >= 0.6 is 11.8 Å². The van der Waals surface area contributed by atoms with Crippen LogP contribution in [0, 0.1) is 18.3 Å². The summed E-state index contributed by atoms with van der Waals surface area (Å²) in [4.78, 5) is 17.0. The first-order valence-corrected chi connectivity index (χ1v) is 9.90. The highest BCUT2D eigenvalue weighted by molar-refractivity contribution is 7.98. The zero-order valence-corrected chi connectivity index (χ0v) is 16.7. The molecule has 0 fully saturated rings. The van der Waals surface area contributed by atoms with E-state index in [1.807, 2.05) is 6.07 Å². The predicted octanol–water partition coefficient (Wildman–Crippen LogP) is 5.41. The van der Waals surface area contributed by atoms with Crippen LogP contribution in [0.3, 0.4) is 0 Å². The standard InChI is InChI=1S/C22H17F2N3O2S/c1-14-18(20(28)27-17-8-3-2-4-9-17)11-16(12-25)21(26-14)30-13-15-7-5-6-10-19(15)29-22(23)24/h2-11,22H,13H2,1H3,(H,27,28). The van der Waals surface area contributed by atoms with Gasteiger partial charge in [-0.3, -0.25) is 4.79 Å². The molecule has 0 saturated heterocycles. The molecule has 5 nitrogen and oxygen atoms in total. The smallest absolute Gasteiger partial charge is 0.387 e. The maximum atomic E-state index is 12.6. The number of halogens is 2. The summed E-state index contributed by atoms with van der Waals surface area (Å²) in [6, 6.07) is 19.0. The Labute approximate surface area is 176 Å². The number of rotatable bonds is 7. The lowest BCUT2D eigenvalue weighted by Gasteiger charge is -2.12. The fourth-order valence-electron chi connectivity index (χ4n) is 2.70. The molecule has 3 aromatic rings. The summed E-state index contributed by atoms with van der Waals surface area (Å²) in [6.07, 6.45) is 0. The van der Waals surface area contributed by atoms with Gasteiger partial charge < -0.3 is 10.1 Å². The molecule has 2 aromatic carbocycles. The maximum absolute atomic E-state index is 12.6. The van der Waals surface area contributed by atoms with Gasteiger partial charge in [0.15, 0.2) is 0 Å². The molecule has 0 aliphatic carbocycles. The predicted molar refractivity (Wildman–Crippen MR) is 111 cm³/mol. The van der Waals surface area contributed by atoms with Crippen LogP contribution in [0.1, 0.15) is 27.2 Å². The van der Waals surface area contributed by atoms with E-state index < -0.39 is 6.61 Å². The zero-order valence-electron chi connectivity index (χ0n) is 15.9. The van der Waals surface area contributed by atoms with Gasteiger partial charge >= 0.3 is 6.61 Å². The highest BCUT2D eigenvalue weighted by Gasteiger charge is 2.17.